The Morgan fingerprint density at radius 1 is 1.53 bits per heavy atom. The van der Waals surface area contributed by atoms with Gasteiger partial charge in [-0.15, -0.1) is 0 Å². The zero-order chi connectivity index (χ0) is 12.9. The van der Waals surface area contributed by atoms with E-state index in [1.807, 2.05) is 6.20 Å². The minimum absolute atomic E-state index is 0.0894. The highest BCUT2D eigenvalue weighted by atomic mass is 16.5. The summed E-state index contributed by atoms with van der Waals surface area (Å²) in [5, 5.41) is 3.59. The quantitative estimate of drug-likeness (QED) is 0.769. The third-order valence-corrected chi connectivity index (χ3v) is 3.09. The van der Waals surface area contributed by atoms with Gasteiger partial charge in [-0.2, -0.15) is 0 Å². The molecule has 1 aromatic heterocycles. The average Bonchev–Trinajstić information content (AvgIpc) is 2.78. The van der Waals surface area contributed by atoms with E-state index in [1.165, 1.54) is 0 Å². The van der Waals surface area contributed by atoms with E-state index in [1.54, 1.807) is 13.3 Å². The molecule has 17 heavy (non-hydrogen) atoms. The van der Waals surface area contributed by atoms with E-state index in [0.717, 1.165) is 18.7 Å². The van der Waals surface area contributed by atoms with Crippen LogP contribution in [0.1, 0.15) is 52.4 Å². The summed E-state index contributed by atoms with van der Waals surface area (Å²) in [5.74, 6) is 1.01. The van der Waals surface area contributed by atoms with Crippen molar-refractivity contribution in [3.8, 4) is 0 Å². The van der Waals surface area contributed by atoms with Crippen LogP contribution in [0.5, 0.6) is 0 Å². The lowest BCUT2D eigenvalue weighted by Gasteiger charge is -2.29. The van der Waals surface area contributed by atoms with E-state index < -0.39 is 0 Å². The number of nitrogens with zero attached hydrogens (tertiary/aromatic N) is 1. The molecule has 0 saturated carbocycles. The van der Waals surface area contributed by atoms with E-state index in [-0.39, 0.29) is 11.6 Å². The molecule has 4 nitrogen and oxygen atoms in total. The number of rotatable bonds is 7. The Labute approximate surface area is 104 Å². The van der Waals surface area contributed by atoms with Crippen molar-refractivity contribution in [2.24, 2.45) is 0 Å². The van der Waals surface area contributed by atoms with Gasteiger partial charge >= 0.3 is 0 Å². The monoisotopic (exact) mass is 239 g/mol. The molecule has 1 heterocycles. The van der Waals surface area contributed by atoms with E-state index >= 15 is 0 Å². The van der Waals surface area contributed by atoms with Crippen LogP contribution in [0, 0.1) is 0 Å². The Morgan fingerprint density at radius 2 is 2.24 bits per heavy atom. The normalized spacial score (nSPS) is 15.8. The number of aromatic nitrogens is 2. The van der Waals surface area contributed by atoms with Crippen molar-refractivity contribution < 1.29 is 4.74 Å². The number of hydrogen-bond acceptors (Lipinski definition) is 3. The van der Waals surface area contributed by atoms with Gasteiger partial charge < -0.3 is 15.0 Å². The van der Waals surface area contributed by atoms with Gasteiger partial charge in [0, 0.05) is 25.5 Å². The Hall–Kier alpha value is -0.870. The molecule has 0 bridgehead atoms. The van der Waals surface area contributed by atoms with Crippen LogP contribution in [0.2, 0.25) is 0 Å². The van der Waals surface area contributed by atoms with Gasteiger partial charge in [0.15, 0.2) is 0 Å². The summed E-state index contributed by atoms with van der Waals surface area (Å²) in [7, 11) is 1.76. The molecule has 0 amide bonds. The van der Waals surface area contributed by atoms with Crippen LogP contribution in [-0.2, 0) is 4.74 Å². The number of aromatic amines is 1. The van der Waals surface area contributed by atoms with E-state index in [4.69, 9.17) is 4.74 Å². The van der Waals surface area contributed by atoms with Crippen molar-refractivity contribution in [3.63, 3.8) is 0 Å². The standard InChI is InChI=1S/C13H25N3O/c1-6-11(12-14-7-8-15-12)16-10(2)9-13(3,4)17-5/h7-8,10-11,16H,6,9H2,1-5H3,(H,14,15). The van der Waals surface area contributed by atoms with Crippen molar-refractivity contribution in [2.75, 3.05) is 7.11 Å². The van der Waals surface area contributed by atoms with Gasteiger partial charge in [-0.1, -0.05) is 6.92 Å². The fraction of sp³-hybridized carbons (Fsp3) is 0.769. The van der Waals surface area contributed by atoms with Crippen LogP contribution in [-0.4, -0.2) is 28.7 Å². The highest BCUT2D eigenvalue weighted by Gasteiger charge is 2.22. The topological polar surface area (TPSA) is 49.9 Å². The van der Waals surface area contributed by atoms with Crippen molar-refractivity contribution >= 4 is 0 Å². The van der Waals surface area contributed by atoms with Gasteiger partial charge in [-0.3, -0.25) is 0 Å². The Kier molecular flexibility index (Phi) is 5.15. The van der Waals surface area contributed by atoms with Crippen LogP contribution in [0.25, 0.3) is 0 Å². The molecule has 0 spiro atoms. The molecule has 2 N–H and O–H groups in total. The lowest BCUT2D eigenvalue weighted by molar-refractivity contribution is 0.00752. The third-order valence-electron chi connectivity index (χ3n) is 3.09. The summed E-state index contributed by atoms with van der Waals surface area (Å²) >= 11 is 0. The van der Waals surface area contributed by atoms with Crippen LogP contribution < -0.4 is 5.32 Å². The fourth-order valence-corrected chi connectivity index (χ4v) is 2.08. The summed E-state index contributed by atoms with van der Waals surface area (Å²) in [6.45, 7) is 8.57. The molecule has 0 radical (unpaired) electrons. The van der Waals surface area contributed by atoms with Crippen molar-refractivity contribution in [2.45, 2.75) is 58.2 Å². The number of ether oxygens (including phenoxy) is 1. The molecule has 1 aromatic rings. The van der Waals surface area contributed by atoms with Gasteiger partial charge in [0.2, 0.25) is 0 Å². The van der Waals surface area contributed by atoms with Crippen molar-refractivity contribution in [1.82, 2.24) is 15.3 Å². The van der Waals surface area contributed by atoms with Crippen LogP contribution in [0.3, 0.4) is 0 Å². The minimum atomic E-state index is -0.0894. The lowest BCUT2D eigenvalue weighted by Crippen LogP contribution is -2.37. The van der Waals surface area contributed by atoms with E-state index in [2.05, 4.69) is 43.0 Å². The zero-order valence-corrected chi connectivity index (χ0v) is 11.6. The first-order chi connectivity index (χ1) is 7.98. The second-order valence-electron chi connectivity index (χ2n) is 5.17. The highest BCUT2D eigenvalue weighted by Crippen LogP contribution is 2.19. The maximum Gasteiger partial charge on any atom is 0.123 e. The summed E-state index contributed by atoms with van der Waals surface area (Å²) in [4.78, 5) is 7.47. The van der Waals surface area contributed by atoms with Crippen molar-refractivity contribution in [3.05, 3.63) is 18.2 Å². The molecular formula is C13H25N3O. The Balaban J connectivity index is 2.52. The van der Waals surface area contributed by atoms with Crippen LogP contribution >= 0.6 is 0 Å². The number of hydrogen-bond donors (Lipinski definition) is 2. The highest BCUT2D eigenvalue weighted by molar-refractivity contribution is 4.96. The summed E-state index contributed by atoms with van der Waals surface area (Å²) in [5.41, 5.74) is -0.0894. The number of imidazole rings is 1. The molecule has 0 aliphatic rings. The van der Waals surface area contributed by atoms with Crippen molar-refractivity contribution in [1.29, 1.82) is 0 Å². The summed E-state index contributed by atoms with van der Waals surface area (Å²) in [6.07, 6.45) is 5.65. The molecule has 0 aliphatic heterocycles. The predicted molar refractivity (Wildman–Crippen MR) is 69.9 cm³/mol. The van der Waals surface area contributed by atoms with Gasteiger partial charge in [0.05, 0.1) is 11.6 Å². The lowest BCUT2D eigenvalue weighted by atomic mass is 9.99. The first kappa shape index (κ1) is 14.2. The summed E-state index contributed by atoms with van der Waals surface area (Å²) in [6, 6.07) is 0.674. The molecule has 4 heteroatoms. The van der Waals surface area contributed by atoms with Gasteiger partial charge in [-0.05, 0) is 33.6 Å². The molecule has 1 rings (SSSR count). The fourth-order valence-electron chi connectivity index (χ4n) is 2.08. The molecule has 0 fully saturated rings. The first-order valence-electron chi connectivity index (χ1n) is 6.29. The average molecular weight is 239 g/mol. The molecule has 0 saturated heterocycles. The van der Waals surface area contributed by atoms with Crippen LogP contribution in [0.4, 0.5) is 0 Å². The second kappa shape index (κ2) is 6.17. The van der Waals surface area contributed by atoms with E-state index in [9.17, 15) is 0 Å². The maximum absolute atomic E-state index is 5.45. The number of nitrogens with one attached hydrogen (secondary N) is 2. The second-order valence-corrected chi connectivity index (χ2v) is 5.17. The molecule has 0 aromatic carbocycles. The third kappa shape index (κ3) is 4.48. The number of H-pyrrole nitrogens is 1. The molecule has 0 aliphatic carbocycles. The van der Waals surface area contributed by atoms with Gasteiger partial charge in [-0.25, -0.2) is 4.98 Å². The van der Waals surface area contributed by atoms with Crippen LogP contribution in [0.15, 0.2) is 12.4 Å². The maximum atomic E-state index is 5.45. The zero-order valence-electron chi connectivity index (χ0n) is 11.6. The first-order valence-corrected chi connectivity index (χ1v) is 6.29. The largest absolute Gasteiger partial charge is 0.379 e. The van der Waals surface area contributed by atoms with E-state index in [0.29, 0.717) is 6.04 Å². The summed E-state index contributed by atoms with van der Waals surface area (Å²) < 4.78 is 5.45. The molecule has 2 atom stereocenters. The molecule has 2 unspecified atom stereocenters. The minimum Gasteiger partial charge on any atom is -0.379 e. The Bertz CT molecular complexity index is 308. The predicted octanol–water partition coefficient (Wildman–Crippen LogP) is 2.65. The number of methoxy groups -OCH3 is 1. The smallest absolute Gasteiger partial charge is 0.123 e. The SMILES string of the molecule is CCC(NC(C)CC(C)(C)OC)c1ncc[nH]1. The molecular weight excluding hydrogens is 214 g/mol. The Morgan fingerprint density at radius 3 is 2.71 bits per heavy atom. The van der Waals surface area contributed by atoms with Gasteiger partial charge in [0.25, 0.3) is 0 Å². The van der Waals surface area contributed by atoms with Gasteiger partial charge in [0.1, 0.15) is 5.82 Å². The molecule has 98 valence electrons.